The van der Waals surface area contributed by atoms with Crippen LogP contribution >= 0.6 is 0 Å². The smallest absolute Gasteiger partial charge is 0.303 e. The van der Waals surface area contributed by atoms with Crippen molar-refractivity contribution in [2.45, 2.75) is 110 Å². The van der Waals surface area contributed by atoms with Gasteiger partial charge in [0.15, 0.2) is 43.1 Å². The Kier molecular flexibility index (Phi) is 13.4. The molecule has 44 heavy (non-hydrogen) atoms. The number of aliphatic hydroxyl groups excluding tert-OH is 1. The molecule has 2 rings (SSSR count). The average molecular weight is 637 g/mol. The molecule has 1 unspecified atom stereocenters. The van der Waals surface area contributed by atoms with Crippen molar-refractivity contribution in [1.29, 1.82) is 0 Å². The Morgan fingerprint density at radius 3 is 1.27 bits per heavy atom. The first kappa shape index (κ1) is 36.3. The molecule has 0 aromatic carbocycles. The van der Waals surface area contributed by atoms with Gasteiger partial charge in [-0.05, 0) is 0 Å². The molecule has 0 bridgehead atoms. The van der Waals surface area contributed by atoms with Crippen molar-refractivity contribution in [1.82, 2.24) is 0 Å². The van der Waals surface area contributed by atoms with Crippen molar-refractivity contribution < 1.29 is 86.0 Å². The summed E-state index contributed by atoms with van der Waals surface area (Å²) in [5, 5.41) is 10.6. The lowest BCUT2D eigenvalue weighted by molar-refractivity contribution is -0.357. The zero-order valence-corrected chi connectivity index (χ0v) is 25.1. The SMILES string of the molecule is CC(=O)OC[C@H]1O[C@@H](O[C@H]2[C@H](OC(C)=O)[C@H](OC(C)=O)C(O)O[C@@H]2COC(C)=O)[C@H](OC(C)=O)[C@@H](OC(C)=O)[C@@H]1OC(C)=O. The molecule has 18 nitrogen and oxygen atoms in total. The molecule has 0 amide bonds. The molecule has 0 radical (unpaired) electrons. The molecule has 0 spiro atoms. The summed E-state index contributed by atoms with van der Waals surface area (Å²) in [6.07, 6.45) is -16.3. The molecule has 248 valence electrons. The van der Waals surface area contributed by atoms with Gasteiger partial charge in [-0.3, -0.25) is 33.6 Å². The lowest BCUT2D eigenvalue weighted by Crippen LogP contribution is -2.67. The van der Waals surface area contributed by atoms with Crippen molar-refractivity contribution in [3.8, 4) is 0 Å². The zero-order chi connectivity index (χ0) is 33.3. The van der Waals surface area contributed by atoms with E-state index < -0.39 is 116 Å². The summed E-state index contributed by atoms with van der Waals surface area (Å²) in [4.78, 5) is 83.5. The summed E-state index contributed by atoms with van der Waals surface area (Å²) < 4.78 is 54.1. The van der Waals surface area contributed by atoms with E-state index in [0.717, 1.165) is 48.5 Å². The van der Waals surface area contributed by atoms with Gasteiger partial charge in [0.2, 0.25) is 0 Å². The highest BCUT2D eigenvalue weighted by atomic mass is 16.8. The molecule has 0 aromatic heterocycles. The van der Waals surface area contributed by atoms with E-state index >= 15 is 0 Å². The predicted octanol–water partition coefficient (Wildman–Crippen LogP) is -1.40. The fourth-order valence-electron chi connectivity index (χ4n) is 4.49. The Balaban J connectivity index is 2.66. The van der Waals surface area contributed by atoms with Crippen molar-refractivity contribution in [3.05, 3.63) is 0 Å². The molecular weight excluding hydrogens is 600 g/mol. The Hall–Kier alpha value is -3.87. The number of ether oxygens (including phenoxy) is 10. The van der Waals surface area contributed by atoms with Crippen LogP contribution in [0.4, 0.5) is 0 Å². The molecule has 1 N–H and O–H groups in total. The molecule has 2 saturated heterocycles. The molecule has 18 heteroatoms. The van der Waals surface area contributed by atoms with E-state index in [1.807, 2.05) is 0 Å². The summed E-state index contributed by atoms with van der Waals surface area (Å²) in [6.45, 7) is 6.11. The molecule has 0 aliphatic carbocycles. The van der Waals surface area contributed by atoms with Crippen LogP contribution in [0.2, 0.25) is 0 Å². The highest BCUT2D eigenvalue weighted by Gasteiger charge is 2.57. The largest absolute Gasteiger partial charge is 0.463 e. The van der Waals surface area contributed by atoms with Crippen LogP contribution in [-0.2, 0) is 80.9 Å². The second-order valence-electron chi connectivity index (χ2n) is 9.68. The summed E-state index contributed by atoms with van der Waals surface area (Å²) in [5.74, 6) is -6.03. The quantitative estimate of drug-likeness (QED) is 0.203. The van der Waals surface area contributed by atoms with Crippen LogP contribution in [0, 0.1) is 0 Å². The van der Waals surface area contributed by atoms with E-state index in [1.54, 1.807) is 0 Å². The maximum Gasteiger partial charge on any atom is 0.303 e. The van der Waals surface area contributed by atoms with Gasteiger partial charge in [0.05, 0.1) is 0 Å². The summed E-state index contributed by atoms with van der Waals surface area (Å²) in [6, 6.07) is 0. The first-order valence-electron chi connectivity index (χ1n) is 13.3. The summed E-state index contributed by atoms with van der Waals surface area (Å²) in [7, 11) is 0. The van der Waals surface area contributed by atoms with Crippen LogP contribution in [0.1, 0.15) is 48.5 Å². The molecule has 10 atom stereocenters. The van der Waals surface area contributed by atoms with Gasteiger partial charge in [-0.25, -0.2) is 0 Å². The molecule has 0 saturated carbocycles. The van der Waals surface area contributed by atoms with E-state index in [-0.39, 0.29) is 0 Å². The van der Waals surface area contributed by atoms with Crippen LogP contribution in [0.25, 0.3) is 0 Å². The minimum absolute atomic E-state index is 0.572. The van der Waals surface area contributed by atoms with Crippen LogP contribution in [-0.4, -0.2) is 122 Å². The first-order chi connectivity index (χ1) is 20.5. The first-order valence-corrected chi connectivity index (χ1v) is 13.3. The second-order valence-corrected chi connectivity index (χ2v) is 9.68. The lowest BCUT2D eigenvalue weighted by Gasteiger charge is -2.48. The fraction of sp³-hybridized carbons (Fsp3) is 0.731. The third-order valence-corrected chi connectivity index (χ3v) is 5.90. The lowest BCUT2D eigenvalue weighted by atomic mass is 9.96. The molecule has 2 fully saturated rings. The van der Waals surface area contributed by atoms with Crippen LogP contribution in [0.5, 0.6) is 0 Å². The van der Waals surface area contributed by atoms with Crippen LogP contribution in [0.15, 0.2) is 0 Å². The van der Waals surface area contributed by atoms with Crippen molar-refractivity contribution in [2.24, 2.45) is 0 Å². The van der Waals surface area contributed by atoms with Crippen LogP contribution in [0.3, 0.4) is 0 Å². The highest BCUT2D eigenvalue weighted by Crippen LogP contribution is 2.34. The number of carbonyl (C=O) groups excluding carboxylic acids is 7. The predicted molar refractivity (Wildman–Crippen MR) is 135 cm³/mol. The molecular formula is C26H36O18. The van der Waals surface area contributed by atoms with Gasteiger partial charge >= 0.3 is 41.8 Å². The molecule has 2 heterocycles. The zero-order valence-electron chi connectivity index (χ0n) is 25.1. The van der Waals surface area contributed by atoms with Gasteiger partial charge in [-0.1, -0.05) is 0 Å². The third-order valence-electron chi connectivity index (χ3n) is 5.90. The van der Waals surface area contributed by atoms with Gasteiger partial charge in [0.1, 0.15) is 31.5 Å². The van der Waals surface area contributed by atoms with E-state index in [0.29, 0.717) is 0 Å². The third kappa shape index (κ3) is 10.7. The minimum Gasteiger partial charge on any atom is -0.463 e. The standard InChI is InChI=1S/C26H36O18/c1-10(27)35-8-17-20(21(38-13(4)30)23(25(34)42-17)40-15(6)32)44-26-24(41-16(7)33)22(39-14(5)31)19(37-12(3)29)18(43-26)9-36-11(2)28/h17-26,34H,8-9H2,1-7H3/t17-,18-,19-,20-,21+,22+,23+,24-,25?,26+/m1/s1. The number of hydrogen-bond donors (Lipinski definition) is 1. The molecule has 2 aliphatic heterocycles. The average Bonchev–Trinajstić information content (AvgIpc) is 2.87. The van der Waals surface area contributed by atoms with Gasteiger partial charge < -0.3 is 52.5 Å². The van der Waals surface area contributed by atoms with Gasteiger partial charge in [-0.2, -0.15) is 0 Å². The van der Waals surface area contributed by atoms with E-state index in [2.05, 4.69) is 0 Å². The number of carbonyl (C=O) groups is 7. The fourth-order valence-corrected chi connectivity index (χ4v) is 4.49. The topological polar surface area (TPSA) is 232 Å². The van der Waals surface area contributed by atoms with Gasteiger partial charge in [0, 0.05) is 48.5 Å². The number of hydrogen-bond acceptors (Lipinski definition) is 18. The van der Waals surface area contributed by atoms with E-state index in [4.69, 9.17) is 47.4 Å². The Bertz CT molecular complexity index is 1090. The Morgan fingerprint density at radius 1 is 0.477 bits per heavy atom. The van der Waals surface area contributed by atoms with Crippen molar-refractivity contribution in [3.63, 3.8) is 0 Å². The number of aliphatic hydroxyl groups is 1. The number of rotatable bonds is 11. The maximum absolute atomic E-state index is 12.2. The Morgan fingerprint density at radius 2 is 0.841 bits per heavy atom. The van der Waals surface area contributed by atoms with Gasteiger partial charge in [0.25, 0.3) is 0 Å². The molecule has 2 aliphatic rings. The van der Waals surface area contributed by atoms with Gasteiger partial charge in [-0.15, -0.1) is 0 Å². The van der Waals surface area contributed by atoms with Crippen molar-refractivity contribution >= 4 is 41.8 Å². The normalized spacial score (nSPS) is 31.5. The summed E-state index contributed by atoms with van der Waals surface area (Å²) in [5.41, 5.74) is 0. The minimum atomic E-state index is -1.90. The number of esters is 7. The highest BCUT2D eigenvalue weighted by molar-refractivity contribution is 5.69. The summed E-state index contributed by atoms with van der Waals surface area (Å²) >= 11 is 0. The monoisotopic (exact) mass is 636 g/mol. The molecule has 0 aromatic rings. The van der Waals surface area contributed by atoms with Crippen LogP contribution < -0.4 is 0 Å². The Labute approximate surface area is 251 Å². The van der Waals surface area contributed by atoms with E-state index in [9.17, 15) is 38.7 Å². The second kappa shape index (κ2) is 16.3. The van der Waals surface area contributed by atoms with E-state index in [1.165, 1.54) is 0 Å². The maximum atomic E-state index is 12.2. The van der Waals surface area contributed by atoms with Crippen molar-refractivity contribution in [2.75, 3.05) is 13.2 Å².